The summed E-state index contributed by atoms with van der Waals surface area (Å²) >= 11 is 1.42. The van der Waals surface area contributed by atoms with E-state index in [0.29, 0.717) is 29.7 Å². The number of halogens is 1. The fourth-order valence-electron chi connectivity index (χ4n) is 3.74. The summed E-state index contributed by atoms with van der Waals surface area (Å²) in [5, 5.41) is 6.12. The van der Waals surface area contributed by atoms with Crippen LogP contribution in [0, 0.1) is 11.8 Å². The monoisotopic (exact) mass is 425 g/mol. The van der Waals surface area contributed by atoms with E-state index in [1.54, 1.807) is 0 Å². The average molecular weight is 426 g/mol. The van der Waals surface area contributed by atoms with Crippen molar-refractivity contribution in [3.05, 3.63) is 29.8 Å². The summed E-state index contributed by atoms with van der Waals surface area (Å²) in [4.78, 5) is 25.7. The van der Waals surface area contributed by atoms with Crippen molar-refractivity contribution in [2.45, 2.75) is 55.9 Å². The molecule has 1 atom stereocenters. The maximum absolute atomic E-state index is 12.7. The van der Waals surface area contributed by atoms with Crippen LogP contribution < -0.4 is 16.4 Å². The minimum atomic E-state index is -0.0944. The van der Waals surface area contributed by atoms with Crippen LogP contribution in [-0.2, 0) is 4.79 Å². The summed E-state index contributed by atoms with van der Waals surface area (Å²) in [5.41, 5.74) is 6.43. The van der Waals surface area contributed by atoms with E-state index in [4.69, 9.17) is 5.73 Å². The van der Waals surface area contributed by atoms with Gasteiger partial charge in [0.1, 0.15) is 0 Å². The molecular weight excluding hydrogens is 394 g/mol. The van der Waals surface area contributed by atoms with Crippen LogP contribution in [0.5, 0.6) is 0 Å². The predicted molar refractivity (Wildman–Crippen MR) is 117 cm³/mol. The number of rotatable bonds is 9. The average Bonchev–Trinajstić information content (AvgIpc) is 3.55. The van der Waals surface area contributed by atoms with E-state index in [1.165, 1.54) is 43.9 Å². The maximum atomic E-state index is 12.7. The Balaban J connectivity index is 0.00000280. The zero-order valence-electron chi connectivity index (χ0n) is 16.3. The molecule has 4 N–H and O–H groups in total. The number of thioether (sulfide) groups is 1. The van der Waals surface area contributed by atoms with E-state index in [-0.39, 0.29) is 30.3 Å². The Hall–Kier alpha value is -1.24. The Kier molecular flexibility index (Phi) is 9.62. The third-order valence-corrected chi connectivity index (χ3v) is 6.64. The van der Waals surface area contributed by atoms with Crippen LogP contribution in [0.4, 0.5) is 0 Å². The standard InChI is InChI=1S/C21H31N3O2S.ClH/c22-12-18(16-10-11-16)24-21(26)17-8-4-5-9-19(17)27-14-20(25)23-13-15-6-2-1-3-7-15;/h4-5,8-9,15-16,18H,1-3,6-7,10-14,22H2,(H,23,25)(H,24,26);1H. The van der Waals surface area contributed by atoms with Gasteiger partial charge < -0.3 is 16.4 Å². The van der Waals surface area contributed by atoms with Gasteiger partial charge in [-0.3, -0.25) is 9.59 Å². The van der Waals surface area contributed by atoms with E-state index in [0.717, 1.165) is 24.3 Å². The SMILES string of the molecule is Cl.NCC(NC(=O)c1ccccc1SCC(=O)NCC1CCCCC1)C1CC1. The van der Waals surface area contributed by atoms with Crippen molar-refractivity contribution >= 4 is 36.0 Å². The summed E-state index contributed by atoms with van der Waals surface area (Å²) in [6.45, 7) is 1.25. The molecule has 0 aliphatic heterocycles. The van der Waals surface area contributed by atoms with Gasteiger partial charge in [-0.15, -0.1) is 24.2 Å². The molecule has 0 aromatic heterocycles. The largest absolute Gasteiger partial charge is 0.355 e. The minimum absolute atomic E-state index is 0. The third-order valence-electron chi connectivity index (χ3n) is 5.56. The number of benzene rings is 1. The highest BCUT2D eigenvalue weighted by atomic mass is 35.5. The fraction of sp³-hybridized carbons (Fsp3) is 0.619. The Bertz CT molecular complexity index is 648. The third kappa shape index (κ3) is 6.98. The van der Waals surface area contributed by atoms with Crippen molar-refractivity contribution in [1.82, 2.24) is 10.6 Å². The molecule has 2 amide bonds. The molecule has 7 heteroatoms. The number of amides is 2. The smallest absolute Gasteiger partial charge is 0.252 e. The van der Waals surface area contributed by atoms with Crippen LogP contribution in [-0.4, -0.2) is 36.7 Å². The Labute approximate surface area is 178 Å². The van der Waals surface area contributed by atoms with Crippen molar-refractivity contribution in [3.8, 4) is 0 Å². The van der Waals surface area contributed by atoms with Gasteiger partial charge in [-0.05, 0) is 49.7 Å². The second-order valence-corrected chi connectivity index (χ2v) is 8.76. The summed E-state index contributed by atoms with van der Waals surface area (Å²) in [6, 6.07) is 7.53. The highest BCUT2D eigenvalue weighted by Gasteiger charge is 2.31. The van der Waals surface area contributed by atoms with E-state index in [2.05, 4.69) is 10.6 Å². The first kappa shape index (κ1) is 23.0. The van der Waals surface area contributed by atoms with Gasteiger partial charge in [0.25, 0.3) is 5.91 Å². The van der Waals surface area contributed by atoms with Gasteiger partial charge in [-0.25, -0.2) is 0 Å². The summed E-state index contributed by atoms with van der Waals surface area (Å²) in [6.07, 6.45) is 8.61. The van der Waals surface area contributed by atoms with Crippen LogP contribution in [0.25, 0.3) is 0 Å². The van der Waals surface area contributed by atoms with Gasteiger partial charge in [-0.1, -0.05) is 31.4 Å². The molecule has 2 aliphatic carbocycles. The molecule has 1 unspecified atom stereocenters. The van der Waals surface area contributed by atoms with Crippen LogP contribution in [0.1, 0.15) is 55.3 Å². The lowest BCUT2D eigenvalue weighted by atomic mass is 9.89. The number of hydrogen-bond donors (Lipinski definition) is 3. The molecule has 2 saturated carbocycles. The molecule has 3 rings (SSSR count). The summed E-state index contributed by atoms with van der Waals surface area (Å²) < 4.78 is 0. The number of nitrogens with two attached hydrogens (primary N) is 1. The van der Waals surface area contributed by atoms with Crippen molar-refractivity contribution in [2.24, 2.45) is 17.6 Å². The van der Waals surface area contributed by atoms with Crippen molar-refractivity contribution in [3.63, 3.8) is 0 Å². The van der Waals surface area contributed by atoms with Gasteiger partial charge in [0.05, 0.1) is 11.3 Å². The Morgan fingerprint density at radius 3 is 2.50 bits per heavy atom. The van der Waals surface area contributed by atoms with Crippen LogP contribution in [0.15, 0.2) is 29.2 Å². The number of nitrogens with one attached hydrogen (secondary N) is 2. The molecule has 2 fully saturated rings. The zero-order valence-corrected chi connectivity index (χ0v) is 18.0. The van der Waals surface area contributed by atoms with Crippen molar-refractivity contribution in [2.75, 3.05) is 18.8 Å². The molecule has 0 spiro atoms. The first-order valence-electron chi connectivity index (χ1n) is 10.2. The summed E-state index contributed by atoms with van der Waals surface area (Å²) in [5.74, 6) is 1.42. The molecule has 0 bridgehead atoms. The van der Waals surface area contributed by atoms with Crippen LogP contribution >= 0.6 is 24.2 Å². The Morgan fingerprint density at radius 1 is 1.11 bits per heavy atom. The normalized spacial score (nSPS) is 18.0. The van der Waals surface area contributed by atoms with Gasteiger partial charge in [0, 0.05) is 24.0 Å². The van der Waals surface area contributed by atoms with E-state index in [1.807, 2.05) is 24.3 Å². The van der Waals surface area contributed by atoms with E-state index in [9.17, 15) is 9.59 Å². The van der Waals surface area contributed by atoms with Crippen molar-refractivity contribution < 1.29 is 9.59 Å². The Morgan fingerprint density at radius 2 is 1.82 bits per heavy atom. The van der Waals surface area contributed by atoms with Crippen molar-refractivity contribution in [1.29, 1.82) is 0 Å². The molecule has 28 heavy (non-hydrogen) atoms. The topological polar surface area (TPSA) is 84.2 Å². The first-order valence-corrected chi connectivity index (χ1v) is 11.2. The van der Waals surface area contributed by atoms with Crippen LogP contribution in [0.2, 0.25) is 0 Å². The maximum Gasteiger partial charge on any atom is 0.252 e. The fourth-order valence-corrected chi connectivity index (χ4v) is 4.62. The lowest BCUT2D eigenvalue weighted by Gasteiger charge is -2.21. The second-order valence-electron chi connectivity index (χ2n) is 7.75. The molecule has 0 heterocycles. The molecule has 2 aliphatic rings. The van der Waals surface area contributed by atoms with E-state index >= 15 is 0 Å². The molecule has 156 valence electrons. The lowest BCUT2D eigenvalue weighted by molar-refractivity contribution is -0.118. The highest BCUT2D eigenvalue weighted by molar-refractivity contribution is 8.00. The lowest BCUT2D eigenvalue weighted by Crippen LogP contribution is -2.41. The van der Waals surface area contributed by atoms with Gasteiger partial charge in [0.15, 0.2) is 0 Å². The van der Waals surface area contributed by atoms with Gasteiger partial charge in [-0.2, -0.15) is 0 Å². The van der Waals surface area contributed by atoms with Gasteiger partial charge >= 0.3 is 0 Å². The highest BCUT2D eigenvalue weighted by Crippen LogP contribution is 2.32. The van der Waals surface area contributed by atoms with Gasteiger partial charge in [0.2, 0.25) is 5.91 Å². The minimum Gasteiger partial charge on any atom is -0.355 e. The number of hydrogen-bond acceptors (Lipinski definition) is 4. The quantitative estimate of drug-likeness (QED) is 0.529. The second kappa shape index (κ2) is 11.7. The predicted octanol–water partition coefficient (Wildman–Crippen LogP) is 3.36. The molecule has 1 aromatic carbocycles. The number of carbonyl (C=O) groups excluding carboxylic acids is 2. The first-order chi connectivity index (χ1) is 13.2. The van der Waals surface area contributed by atoms with Crippen LogP contribution in [0.3, 0.4) is 0 Å². The van der Waals surface area contributed by atoms with E-state index < -0.39 is 0 Å². The molecule has 0 radical (unpaired) electrons. The zero-order chi connectivity index (χ0) is 19.1. The molecular formula is C21H32ClN3O2S. The number of carbonyl (C=O) groups is 2. The summed E-state index contributed by atoms with van der Waals surface area (Å²) in [7, 11) is 0. The molecule has 1 aromatic rings. The molecule has 0 saturated heterocycles. The molecule has 5 nitrogen and oxygen atoms in total.